The zero-order valence-corrected chi connectivity index (χ0v) is 12.3. The second-order valence-corrected chi connectivity index (χ2v) is 4.92. The standard InChI is InChI=1S/C16H17ClN2O2/c17-15-8-14(7-6-13(15)9-18)21-11-16(20)19-10-12-4-2-1-3-5-12/h1-8H,9-11,18H2,(H,19,20). The zero-order valence-electron chi connectivity index (χ0n) is 11.5. The van der Waals surface area contributed by atoms with E-state index in [1.54, 1.807) is 18.2 Å². The number of nitrogens with two attached hydrogens (primary N) is 1. The van der Waals surface area contributed by atoms with Gasteiger partial charge in [0.2, 0.25) is 0 Å². The van der Waals surface area contributed by atoms with Crippen LogP contribution in [0.4, 0.5) is 0 Å². The average molecular weight is 305 g/mol. The highest BCUT2D eigenvalue weighted by molar-refractivity contribution is 6.31. The SMILES string of the molecule is NCc1ccc(OCC(=O)NCc2ccccc2)cc1Cl. The topological polar surface area (TPSA) is 64.3 Å². The van der Waals surface area contributed by atoms with E-state index in [0.717, 1.165) is 11.1 Å². The van der Waals surface area contributed by atoms with Gasteiger partial charge in [0.15, 0.2) is 6.61 Å². The third-order valence-electron chi connectivity index (χ3n) is 2.95. The van der Waals surface area contributed by atoms with Crippen LogP contribution in [-0.2, 0) is 17.9 Å². The predicted octanol–water partition coefficient (Wildman–Crippen LogP) is 2.49. The molecule has 0 fully saturated rings. The first-order valence-corrected chi connectivity index (χ1v) is 6.99. The molecular formula is C16H17ClN2O2. The first-order valence-electron chi connectivity index (χ1n) is 6.61. The fourth-order valence-electron chi connectivity index (χ4n) is 1.78. The number of halogens is 1. The summed E-state index contributed by atoms with van der Waals surface area (Å²) in [6.45, 7) is 0.803. The van der Waals surface area contributed by atoms with E-state index in [9.17, 15) is 4.79 Å². The van der Waals surface area contributed by atoms with Gasteiger partial charge in [0.05, 0.1) is 0 Å². The molecule has 2 aromatic rings. The molecule has 1 amide bonds. The average Bonchev–Trinajstić information content (AvgIpc) is 2.52. The Morgan fingerprint density at radius 3 is 2.62 bits per heavy atom. The van der Waals surface area contributed by atoms with Crippen molar-refractivity contribution in [1.82, 2.24) is 5.32 Å². The number of nitrogens with one attached hydrogen (secondary N) is 1. The molecule has 0 atom stereocenters. The van der Waals surface area contributed by atoms with E-state index in [2.05, 4.69) is 5.32 Å². The van der Waals surface area contributed by atoms with Crippen LogP contribution in [0.1, 0.15) is 11.1 Å². The van der Waals surface area contributed by atoms with E-state index in [-0.39, 0.29) is 12.5 Å². The molecule has 0 aliphatic heterocycles. The highest BCUT2D eigenvalue weighted by Crippen LogP contribution is 2.22. The van der Waals surface area contributed by atoms with E-state index in [0.29, 0.717) is 23.9 Å². The Morgan fingerprint density at radius 2 is 1.95 bits per heavy atom. The lowest BCUT2D eigenvalue weighted by atomic mass is 10.2. The molecule has 0 heterocycles. The first kappa shape index (κ1) is 15.4. The largest absolute Gasteiger partial charge is 0.484 e. The maximum absolute atomic E-state index is 11.7. The molecule has 0 bridgehead atoms. The van der Waals surface area contributed by atoms with Crippen LogP contribution in [0.25, 0.3) is 0 Å². The van der Waals surface area contributed by atoms with E-state index in [1.165, 1.54) is 0 Å². The lowest BCUT2D eigenvalue weighted by molar-refractivity contribution is -0.123. The van der Waals surface area contributed by atoms with Crippen LogP contribution in [0.5, 0.6) is 5.75 Å². The molecule has 0 aromatic heterocycles. The van der Waals surface area contributed by atoms with Gasteiger partial charge in [0.1, 0.15) is 5.75 Å². The maximum atomic E-state index is 11.7. The lowest BCUT2D eigenvalue weighted by Gasteiger charge is -2.09. The molecule has 0 aliphatic carbocycles. The van der Waals surface area contributed by atoms with E-state index in [4.69, 9.17) is 22.1 Å². The maximum Gasteiger partial charge on any atom is 0.258 e. The third kappa shape index (κ3) is 4.77. The number of benzene rings is 2. The summed E-state index contributed by atoms with van der Waals surface area (Å²) in [5.41, 5.74) is 7.42. The van der Waals surface area contributed by atoms with Gasteiger partial charge in [-0.15, -0.1) is 0 Å². The second-order valence-electron chi connectivity index (χ2n) is 4.51. The van der Waals surface area contributed by atoms with Crippen molar-refractivity contribution in [3.63, 3.8) is 0 Å². The molecule has 0 radical (unpaired) electrons. The fraction of sp³-hybridized carbons (Fsp3) is 0.188. The number of rotatable bonds is 6. The smallest absolute Gasteiger partial charge is 0.258 e. The van der Waals surface area contributed by atoms with Crippen molar-refractivity contribution in [2.75, 3.05) is 6.61 Å². The van der Waals surface area contributed by atoms with Gasteiger partial charge < -0.3 is 15.8 Å². The third-order valence-corrected chi connectivity index (χ3v) is 3.30. The Morgan fingerprint density at radius 1 is 1.19 bits per heavy atom. The van der Waals surface area contributed by atoms with E-state index < -0.39 is 0 Å². The number of amides is 1. The van der Waals surface area contributed by atoms with Gasteiger partial charge in [0.25, 0.3) is 5.91 Å². The Kier molecular flexibility index (Phi) is 5.60. The minimum Gasteiger partial charge on any atom is -0.484 e. The van der Waals surface area contributed by atoms with Crippen LogP contribution in [0.15, 0.2) is 48.5 Å². The summed E-state index contributed by atoms with van der Waals surface area (Å²) in [6, 6.07) is 14.9. The molecule has 0 saturated carbocycles. The number of hydrogen-bond acceptors (Lipinski definition) is 3. The van der Waals surface area contributed by atoms with Crippen molar-refractivity contribution in [2.24, 2.45) is 5.73 Å². The minimum atomic E-state index is -0.183. The molecular weight excluding hydrogens is 288 g/mol. The van der Waals surface area contributed by atoms with Crippen molar-refractivity contribution in [2.45, 2.75) is 13.1 Å². The molecule has 3 N–H and O–H groups in total. The van der Waals surface area contributed by atoms with Gasteiger partial charge in [-0.1, -0.05) is 48.0 Å². The molecule has 21 heavy (non-hydrogen) atoms. The van der Waals surface area contributed by atoms with Crippen LogP contribution in [0.2, 0.25) is 5.02 Å². The monoisotopic (exact) mass is 304 g/mol. The zero-order chi connectivity index (χ0) is 15.1. The van der Waals surface area contributed by atoms with Crippen molar-refractivity contribution in [3.8, 4) is 5.75 Å². The lowest BCUT2D eigenvalue weighted by Crippen LogP contribution is -2.28. The molecule has 2 rings (SSSR count). The number of carbonyl (C=O) groups excluding carboxylic acids is 1. The van der Waals surface area contributed by atoms with Gasteiger partial charge in [-0.05, 0) is 23.3 Å². The summed E-state index contributed by atoms with van der Waals surface area (Å²) >= 11 is 6.03. The van der Waals surface area contributed by atoms with E-state index in [1.807, 2.05) is 30.3 Å². The molecule has 0 spiro atoms. The van der Waals surface area contributed by atoms with Crippen molar-refractivity contribution in [1.29, 1.82) is 0 Å². The highest BCUT2D eigenvalue weighted by atomic mass is 35.5. The summed E-state index contributed by atoms with van der Waals surface area (Å²) in [5.74, 6) is 0.366. The summed E-state index contributed by atoms with van der Waals surface area (Å²) in [5, 5.41) is 3.33. The second kappa shape index (κ2) is 7.67. The van der Waals surface area contributed by atoms with Gasteiger partial charge in [-0.2, -0.15) is 0 Å². The molecule has 2 aromatic carbocycles. The van der Waals surface area contributed by atoms with Crippen LogP contribution < -0.4 is 15.8 Å². The van der Waals surface area contributed by atoms with Gasteiger partial charge in [-0.3, -0.25) is 4.79 Å². The molecule has 0 saturated heterocycles. The fourth-order valence-corrected chi connectivity index (χ4v) is 2.03. The first-order chi connectivity index (χ1) is 10.2. The molecule has 4 nitrogen and oxygen atoms in total. The minimum absolute atomic E-state index is 0.0505. The Bertz CT molecular complexity index is 602. The van der Waals surface area contributed by atoms with Crippen molar-refractivity contribution >= 4 is 17.5 Å². The Labute approximate surface area is 128 Å². The predicted molar refractivity (Wildman–Crippen MR) is 83.1 cm³/mol. The van der Waals surface area contributed by atoms with Crippen molar-refractivity contribution < 1.29 is 9.53 Å². The molecule has 110 valence electrons. The van der Waals surface area contributed by atoms with Gasteiger partial charge in [0, 0.05) is 18.1 Å². The Hall–Kier alpha value is -2.04. The molecule has 0 aliphatic rings. The van der Waals surface area contributed by atoms with Gasteiger partial charge in [-0.25, -0.2) is 0 Å². The summed E-state index contributed by atoms with van der Waals surface area (Å²) in [4.78, 5) is 11.7. The van der Waals surface area contributed by atoms with Gasteiger partial charge >= 0.3 is 0 Å². The number of ether oxygens (including phenoxy) is 1. The normalized spacial score (nSPS) is 10.2. The number of hydrogen-bond donors (Lipinski definition) is 2. The molecule has 5 heteroatoms. The quantitative estimate of drug-likeness (QED) is 0.862. The summed E-state index contributed by atoms with van der Waals surface area (Å²) < 4.78 is 5.40. The summed E-state index contributed by atoms with van der Waals surface area (Å²) in [7, 11) is 0. The highest BCUT2D eigenvalue weighted by Gasteiger charge is 2.05. The van der Waals surface area contributed by atoms with Crippen LogP contribution in [-0.4, -0.2) is 12.5 Å². The van der Waals surface area contributed by atoms with Crippen LogP contribution in [0, 0.1) is 0 Å². The Balaban J connectivity index is 1.80. The van der Waals surface area contributed by atoms with Crippen molar-refractivity contribution in [3.05, 3.63) is 64.7 Å². The number of carbonyl (C=O) groups is 1. The summed E-state index contributed by atoms with van der Waals surface area (Å²) in [6.07, 6.45) is 0. The van der Waals surface area contributed by atoms with E-state index >= 15 is 0 Å². The molecule has 0 unspecified atom stereocenters. The van der Waals surface area contributed by atoms with Crippen LogP contribution in [0.3, 0.4) is 0 Å². The van der Waals surface area contributed by atoms with Crippen LogP contribution >= 0.6 is 11.6 Å².